The molecule has 0 aromatic heterocycles. The van der Waals surface area contributed by atoms with Crippen LogP contribution < -0.4 is 4.74 Å². The van der Waals surface area contributed by atoms with Gasteiger partial charge in [-0.15, -0.1) is 0 Å². The van der Waals surface area contributed by atoms with Crippen LogP contribution in [-0.4, -0.2) is 44.0 Å². The van der Waals surface area contributed by atoms with E-state index in [0.29, 0.717) is 12.2 Å². The number of rotatable bonds is 7. The van der Waals surface area contributed by atoms with Gasteiger partial charge in [-0.05, 0) is 30.7 Å². The number of aliphatic carboxylic acids is 1. The van der Waals surface area contributed by atoms with Crippen molar-refractivity contribution in [2.24, 2.45) is 0 Å². The first kappa shape index (κ1) is 15.5. The number of methoxy groups -OCH3 is 1. The first-order valence-corrected chi connectivity index (χ1v) is 7.21. The van der Waals surface area contributed by atoms with Gasteiger partial charge in [-0.1, -0.05) is 6.92 Å². The lowest BCUT2D eigenvalue weighted by molar-refractivity contribution is -0.137. The van der Waals surface area contributed by atoms with Crippen LogP contribution >= 0.6 is 0 Å². The van der Waals surface area contributed by atoms with Gasteiger partial charge < -0.3 is 9.84 Å². The van der Waals surface area contributed by atoms with Gasteiger partial charge in [0.25, 0.3) is 0 Å². The summed E-state index contributed by atoms with van der Waals surface area (Å²) in [6.45, 7) is 1.42. The Balaban J connectivity index is 3.06. The summed E-state index contributed by atoms with van der Waals surface area (Å²) in [4.78, 5) is 10.8. The highest BCUT2D eigenvalue weighted by molar-refractivity contribution is 7.89. The third-order valence-corrected chi connectivity index (χ3v) is 4.34. The smallest absolute Gasteiger partial charge is 0.318 e. The summed E-state index contributed by atoms with van der Waals surface area (Å²) < 4.78 is 30.5. The monoisotopic (exact) mass is 287 g/mol. The minimum absolute atomic E-state index is 0.0583. The number of carbonyl (C=O) groups is 1. The summed E-state index contributed by atoms with van der Waals surface area (Å²) in [6.07, 6.45) is 0.544. The summed E-state index contributed by atoms with van der Waals surface area (Å²) >= 11 is 0. The molecule has 0 saturated carbocycles. The van der Waals surface area contributed by atoms with E-state index in [4.69, 9.17) is 9.84 Å². The van der Waals surface area contributed by atoms with Crippen LogP contribution in [0.25, 0.3) is 0 Å². The molecule has 0 unspecified atom stereocenters. The molecule has 0 bridgehead atoms. The lowest BCUT2D eigenvalue weighted by Gasteiger charge is -2.19. The standard InChI is InChI=1S/C12H17NO5S/c1-3-8-13(9-12(14)15)19(16,17)11-6-4-10(18-2)5-7-11/h4-7H,3,8-9H2,1-2H3,(H,14,15). The normalized spacial score (nSPS) is 11.5. The Morgan fingerprint density at radius 3 is 2.32 bits per heavy atom. The molecular formula is C12H17NO5S. The summed E-state index contributed by atoms with van der Waals surface area (Å²) in [6, 6.07) is 5.85. The number of sulfonamides is 1. The molecule has 1 rings (SSSR count). The molecule has 0 spiro atoms. The molecule has 106 valence electrons. The molecule has 0 radical (unpaired) electrons. The lowest BCUT2D eigenvalue weighted by Crippen LogP contribution is -2.36. The van der Waals surface area contributed by atoms with Crippen LogP contribution in [0.2, 0.25) is 0 Å². The van der Waals surface area contributed by atoms with E-state index in [1.807, 2.05) is 0 Å². The molecule has 1 N–H and O–H groups in total. The largest absolute Gasteiger partial charge is 0.497 e. The predicted molar refractivity (Wildman–Crippen MR) is 69.7 cm³/mol. The van der Waals surface area contributed by atoms with E-state index in [1.54, 1.807) is 6.92 Å². The SMILES string of the molecule is CCCN(CC(=O)O)S(=O)(=O)c1ccc(OC)cc1. The Labute approximate surface area is 112 Å². The first-order valence-electron chi connectivity index (χ1n) is 5.77. The molecule has 0 amide bonds. The van der Waals surface area contributed by atoms with Crippen molar-refractivity contribution in [3.63, 3.8) is 0 Å². The van der Waals surface area contributed by atoms with Gasteiger partial charge in [0, 0.05) is 6.54 Å². The van der Waals surface area contributed by atoms with E-state index in [2.05, 4.69) is 0 Å². The average Bonchev–Trinajstić information content (AvgIpc) is 2.38. The Kier molecular flexibility index (Phi) is 5.31. The number of benzene rings is 1. The van der Waals surface area contributed by atoms with E-state index in [1.165, 1.54) is 31.4 Å². The number of hydrogen-bond donors (Lipinski definition) is 1. The molecule has 1 aromatic carbocycles. The number of carboxylic acids is 1. The molecule has 7 heteroatoms. The quantitative estimate of drug-likeness (QED) is 0.814. The van der Waals surface area contributed by atoms with Gasteiger partial charge in [0.15, 0.2) is 0 Å². The summed E-state index contributed by atoms with van der Waals surface area (Å²) in [5, 5.41) is 8.78. The van der Waals surface area contributed by atoms with Gasteiger partial charge >= 0.3 is 5.97 Å². The highest BCUT2D eigenvalue weighted by Crippen LogP contribution is 2.19. The fourth-order valence-electron chi connectivity index (χ4n) is 1.58. The molecule has 19 heavy (non-hydrogen) atoms. The minimum atomic E-state index is -3.79. The zero-order valence-electron chi connectivity index (χ0n) is 10.9. The van der Waals surface area contributed by atoms with Crippen LogP contribution in [0, 0.1) is 0 Å². The molecule has 0 atom stereocenters. The summed E-state index contributed by atoms with van der Waals surface area (Å²) in [7, 11) is -2.30. The van der Waals surface area contributed by atoms with Crippen molar-refractivity contribution in [3.8, 4) is 5.75 Å². The predicted octanol–water partition coefficient (Wildman–Crippen LogP) is 1.18. The molecule has 0 fully saturated rings. The molecule has 6 nitrogen and oxygen atoms in total. The number of hydrogen-bond acceptors (Lipinski definition) is 4. The van der Waals surface area contributed by atoms with Gasteiger partial charge in [0.1, 0.15) is 12.3 Å². The van der Waals surface area contributed by atoms with Gasteiger partial charge in [-0.3, -0.25) is 4.79 Å². The van der Waals surface area contributed by atoms with E-state index in [9.17, 15) is 13.2 Å². The summed E-state index contributed by atoms with van der Waals surface area (Å²) in [5.41, 5.74) is 0. The van der Waals surface area contributed by atoms with Crippen molar-refractivity contribution in [1.82, 2.24) is 4.31 Å². The molecular weight excluding hydrogens is 270 g/mol. The fourth-order valence-corrected chi connectivity index (χ4v) is 3.06. The van der Waals surface area contributed by atoms with Crippen molar-refractivity contribution in [3.05, 3.63) is 24.3 Å². The maximum atomic E-state index is 12.3. The first-order chi connectivity index (χ1) is 8.91. The van der Waals surface area contributed by atoms with E-state index in [-0.39, 0.29) is 11.4 Å². The minimum Gasteiger partial charge on any atom is -0.497 e. The fraction of sp³-hybridized carbons (Fsp3) is 0.417. The van der Waals surface area contributed by atoms with Crippen LogP contribution in [0.4, 0.5) is 0 Å². The Bertz CT molecular complexity index is 524. The molecule has 0 saturated heterocycles. The van der Waals surface area contributed by atoms with Crippen LogP contribution in [0.1, 0.15) is 13.3 Å². The van der Waals surface area contributed by atoms with Crippen LogP contribution in [0.15, 0.2) is 29.2 Å². The summed E-state index contributed by atoms with van der Waals surface area (Å²) in [5.74, 6) is -0.634. The second kappa shape index (κ2) is 6.53. The van der Waals surface area contributed by atoms with E-state index < -0.39 is 22.5 Å². The second-order valence-electron chi connectivity index (χ2n) is 3.91. The topological polar surface area (TPSA) is 83.9 Å². The van der Waals surface area contributed by atoms with Crippen molar-refractivity contribution in [2.45, 2.75) is 18.2 Å². The van der Waals surface area contributed by atoms with Gasteiger partial charge in [-0.25, -0.2) is 8.42 Å². The number of carboxylic acid groups (broad SMARTS) is 1. The van der Waals surface area contributed by atoms with Crippen molar-refractivity contribution in [1.29, 1.82) is 0 Å². The highest BCUT2D eigenvalue weighted by Gasteiger charge is 2.25. The Morgan fingerprint density at radius 1 is 1.32 bits per heavy atom. The van der Waals surface area contributed by atoms with Gasteiger partial charge in [0.05, 0.1) is 12.0 Å². The van der Waals surface area contributed by atoms with Crippen molar-refractivity contribution in [2.75, 3.05) is 20.2 Å². The number of nitrogens with zero attached hydrogens (tertiary/aromatic N) is 1. The average molecular weight is 287 g/mol. The van der Waals surface area contributed by atoms with Gasteiger partial charge in [0.2, 0.25) is 10.0 Å². The zero-order chi connectivity index (χ0) is 14.5. The third kappa shape index (κ3) is 3.93. The Morgan fingerprint density at radius 2 is 1.89 bits per heavy atom. The Hall–Kier alpha value is -1.60. The highest BCUT2D eigenvalue weighted by atomic mass is 32.2. The molecule has 0 aliphatic carbocycles. The second-order valence-corrected chi connectivity index (χ2v) is 5.85. The molecule has 0 heterocycles. The maximum absolute atomic E-state index is 12.3. The van der Waals surface area contributed by atoms with Crippen molar-refractivity contribution >= 4 is 16.0 Å². The van der Waals surface area contributed by atoms with Crippen LogP contribution in [0.5, 0.6) is 5.75 Å². The maximum Gasteiger partial charge on any atom is 0.318 e. The third-order valence-electron chi connectivity index (χ3n) is 2.48. The zero-order valence-corrected chi connectivity index (χ0v) is 11.7. The molecule has 1 aromatic rings. The van der Waals surface area contributed by atoms with Crippen LogP contribution in [-0.2, 0) is 14.8 Å². The van der Waals surface area contributed by atoms with E-state index in [0.717, 1.165) is 4.31 Å². The number of ether oxygens (including phenoxy) is 1. The van der Waals surface area contributed by atoms with Crippen LogP contribution in [0.3, 0.4) is 0 Å². The molecule has 0 aliphatic rings. The molecule has 0 aliphatic heterocycles. The lowest BCUT2D eigenvalue weighted by atomic mass is 10.3. The van der Waals surface area contributed by atoms with Crippen molar-refractivity contribution < 1.29 is 23.1 Å². The van der Waals surface area contributed by atoms with Gasteiger partial charge in [-0.2, -0.15) is 4.31 Å². The van der Waals surface area contributed by atoms with E-state index >= 15 is 0 Å².